The minimum Gasteiger partial charge on any atom is -0.516 e. The first-order valence-corrected chi connectivity index (χ1v) is 4.55. The first kappa shape index (κ1) is 9.82. The zero-order valence-electron chi connectivity index (χ0n) is 6.87. The molecule has 0 spiro atoms. The van der Waals surface area contributed by atoms with Crippen molar-refractivity contribution >= 4 is 15.9 Å². The lowest BCUT2D eigenvalue weighted by molar-refractivity contribution is 0.471. The van der Waals surface area contributed by atoms with Crippen LogP contribution >= 0.6 is 15.9 Å². The lowest BCUT2D eigenvalue weighted by atomic mass is 10.1. The highest BCUT2D eigenvalue weighted by Gasteiger charge is 2.00. The van der Waals surface area contributed by atoms with Crippen molar-refractivity contribution < 1.29 is 5.11 Å². The van der Waals surface area contributed by atoms with Gasteiger partial charge in [0.15, 0.2) is 0 Å². The molecule has 0 bridgehead atoms. The molecule has 1 N–H and O–H groups in total. The first-order chi connectivity index (χ1) is 6.27. The summed E-state index contributed by atoms with van der Waals surface area (Å²) in [4.78, 5) is 0. The van der Waals surface area contributed by atoms with Crippen LogP contribution in [-0.2, 0) is 6.42 Å². The molecule has 0 saturated carbocycles. The molecule has 66 valence electrons. The minimum atomic E-state index is 0.568. The summed E-state index contributed by atoms with van der Waals surface area (Å²) in [6, 6.07) is 7.55. The van der Waals surface area contributed by atoms with Crippen molar-refractivity contribution in [2.24, 2.45) is 0 Å². The van der Waals surface area contributed by atoms with Gasteiger partial charge < -0.3 is 5.11 Å². The summed E-state index contributed by atoms with van der Waals surface area (Å²) in [6.45, 7) is 0. The van der Waals surface area contributed by atoms with Gasteiger partial charge in [0.1, 0.15) is 0 Å². The molecule has 2 nitrogen and oxygen atoms in total. The number of benzene rings is 1. The number of nitriles is 1. The second-order valence-corrected chi connectivity index (χ2v) is 3.42. The van der Waals surface area contributed by atoms with E-state index < -0.39 is 0 Å². The standard InChI is InChI=1S/C10H8BrNO/c11-10-4-3-9(7-12)8(6-10)2-1-5-13/h1,3-6,13H,2H2/b5-1+. The molecule has 1 aromatic carbocycles. The third kappa shape index (κ3) is 2.60. The normalized spacial score (nSPS) is 10.2. The molecule has 0 amide bonds. The molecular weight excluding hydrogens is 230 g/mol. The van der Waals surface area contributed by atoms with Crippen LogP contribution in [0.2, 0.25) is 0 Å². The Hall–Kier alpha value is -1.27. The number of halogens is 1. The molecule has 0 atom stereocenters. The van der Waals surface area contributed by atoms with Gasteiger partial charge in [-0.25, -0.2) is 0 Å². The van der Waals surface area contributed by atoms with Crippen LogP contribution in [0, 0.1) is 11.3 Å². The van der Waals surface area contributed by atoms with Crippen molar-refractivity contribution in [3.63, 3.8) is 0 Å². The highest BCUT2D eigenvalue weighted by atomic mass is 79.9. The summed E-state index contributed by atoms with van der Waals surface area (Å²) in [5, 5.41) is 17.2. The first-order valence-electron chi connectivity index (χ1n) is 3.75. The Balaban J connectivity index is 3.03. The topological polar surface area (TPSA) is 44.0 Å². The van der Waals surface area contributed by atoms with E-state index in [0.717, 1.165) is 16.3 Å². The van der Waals surface area contributed by atoms with Crippen LogP contribution in [0.15, 0.2) is 35.0 Å². The fraction of sp³-hybridized carbons (Fsp3) is 0.100. The molecular formula is C10H8BrNO. The van der Waals surface area contributed by atoms with Gasteiger partial charge in [-0.1, -0.05) is 15.9 Å². The predicted molar refractivity (Wildman–Crippen MR) is 54.3 cm³/mol. The number of nitrogens with zero attached hydrogens (tertiary/aromatic N) is 1. The maximum atomic E-state index is 8.76. The lowest BCUT2D eigenvalue weighted by Gasteiger charge is -2.00. The Bertz CT molecular complexity index is 366. The van der Waals surface area contributed by atoms with Crippen LogP contribution in [0.25, 0.3) is 0 Å². The SMILES string of the molecule is N#Cc1ccc(Br)cc1C/C=C/O. The number of allylic oxidation sites excluding steroid dienone is 1. The van der Waals surface area contributed by atoms with Crippen molar-refractivity contribution in [2.75, 3.05) is 0 Å². The largest absolute Gasteiger partial charge is 0.516 e. The number of hydrogen-bond acceptors (Lipinski definition) is 2. The number of rotatable bonds is 2. The van der Waals surface area contributed by atoms with E-state index in [0.29, 0.717) is 12.0 Å². The van der Waals surface area contributed by atoms with E-state index >= 15 is 0 Å². The smallest absolute Gasteiger partial charge is 0.0994 e. The van der Waals surface area contributed by atoms with Gasteiger partial charge in [-0.05, 0) is 36.3 Å². The second-order valence-electron chi connectivity index (χ2n) is 2.50. The number of aliphatic hydroxyl groups excluding tert-OH is 1. The van der Waals surface area contributed by atoms with Crippen LogP contribution in [0.3, 0.4) is 0 Å². The summed E-state index contributed by atoms with van der Waals surface area (Å²) in [5.41, 5.74) is 1.54. The maximum absolute atomic E-state index is 8.76. The minimum absolute atomic E-state index is 0.568. The zero-order valence-corrected chi connectivity index (χ0v) is 8.45. The number of hydrogen-bond donors (Lipinski definition) is 1. The van der Waals surface area contributed by atoms with E-state index in [2.05, 4.69) is 22.0 Å². The van der Waals surface area contributed by atoms with Crippen molar-refractivity contribution in [1.29, 1.82) is 5.26 Å². The third-order valence-electron chi connectivity index (χ3n) is 1.63. The van der Waals surface area contributed by atoms with Gasteiger partial charge in [-0.3, -0.25) is 0 Å². The Morgan fingerprint density at radius 3 is 2.92 bits per heavy atom. The number of aliphatic hydroxyl groups is 1. The summed E-state index contributed by atoms with van der Waals surface area (Å²) in [6.07, 6.45) is 3.16. The highest BCUT2D eigenvalue weighted by molar-refractivity contribution is 9.10. The van der Waals surface area contributed by atoms with E-state index in [1.807, 2.05) is 12.1 Å². The molecule has 13 heavy (non-hydrogen) atoms. The Morgan fingerprint density at radius 1 is 1.54 bits per heavy atom. The zero-order chi connectivity index (χ0) is 9.68. The average Bonchev–Trinajstić information content (AvgIpc) is 2.15. The van der Waals surface area contributed by atoms with Crippen LogP contribution in [0.1, 0.15) is 11.1 Å². The van der Waals surface area contributed by atoms with Crippen LogP contribution in [0.4, 0.5) is 0 Å². The third-order valence-corrected chi connectivity index (χ3v) is 2.12. The van der Waals surface area contributed by atoms with E-state index in [1.54, 1.807) is 12.1 Å². The molecule has 0 aromatic heterocycles. The molecule has 0 fully saturated rings. The predicted octanol–water partition coefficient (Wildman–Crippen LogP) is 2.93. The van der Waals surface area contributed by atoms with Gasteiger partial charge >= 0.3 is 0 Å². The molecule has 0 aliphatic carbocycles. The van der Waals surface area contributed by atoms with Crippen LogP contribution in [-0.4, -0.2) is 5.11 Å². The summed E-state index contributed by atoms with van der Waals surface area (Å²) in [7, 11) is 0. The molecule has 1 aromatic rings. The average molecular weight is 238 g/mol. The molecule has 0 aliphatic heterocycles. The van der Waals surface area contributed by atoms with Crippen molar-refractivity contribution in [1.82, 2.24) is 0 Å². The quantitative estimate of drug-likeness (QED) is 0.805. The maximum Gasteiger partial charge on any atom is 0.0994 e. The van der Waals surface area contributed by atoms with Crippen molar-refractivity contribution in [3.8, 4) is 6.07 Å². The van der Waals surface area contributed by atoms with E-state index in [-0.39, 0.29) is 0 Å². The van der Waals surface area contributed by atoms with Gasteiger partial charge in [-0.2, -0.15) is 5.26 Å². The van der Waals surface area contributed by atoms with Crippen molar-refractivity contribution in [2.45, 2.75) is 6.42 Å². The highest BCUT2D eigenvalue weighted by Crippen LogP contribution is 2.16. The summed E-state index contributed by atoms with van der Waals surface area (Å²) < 4.78 is 0.938. The fourth-order valence-corrected chi connectivity index (χ4v) is 1.43. The van der Waals surface area contributed by atoms with Gasteiger partial charge in [-0.15, -0.1) is 0 Å². The Kier molecular flexibility index (Phi) is 3.53. The molecule has 0 radical (unpaired) electrons. The van der Waals surface area contributed by atoms with E-state index in [1.165, 1.54) is 0 Å². The van der Waals surface area contributed by atoms with Gasteiger partial charge in [0, 0.05) is 4.47 Å². The van der Waals surface area contributed by atoms with E-state index in [4.69, 9.17) is 10.4 Å². The molecule has 1 rings (SSSR count). The van der Waals surface area contributed by atoms with E-state index in [9.17, 15) is 0 Å². The van der Waals surface area contributed by atoms with Gasteiger partial charge in [0.05, 0.1) is 17.9 Å². The summed E-state index contributed by atoms with van der Waals surface area (Å²) >= 11 is 3.32. The molecule has 0 heterocycles. The monoisotopic (exact) mass is 237 g/mol. The van der Waals surface area contributed by atoms with Gasteiger partial charge in [0.2, 0.25) is 0 Å². The Labute approximate surface area is 85.3 Å². The fourth-order valence-electron chi connectivity index (χ4n) is 1.02. The molecule has 0 unspecified atom stereocenters. The summed E-state index contributed by atoms with van der Waals surface area (Å²) in [5.74, 6) is 0. The lowest BCUT2D eigenvalue weighted by Crippen LogP contribution is -1.87. The molecule has 3 heteroatoms. The van der Waals surface area contributed by atoms with Crippen LogP contribution in [0.5, 0.6) is 0 Å². The molecule has 0 saturated heterocycles. The Morgan fingerprint density at radius 2 is 2.31 bits per heavy atom. The van der Waals surface area contributed by atoms with Crippen molar-refractivity contribution in [3.05, 3.63) is 46.1 Å². The van der Waals surface area contributed by atoms with Crippen LogP contribution < -0.4 is 0 Å². The second kappa shape index (κ2) is 4.68. The molecule has 0 aliphatic rings. The van der Waals surface area contributed by atoms with Gasteiger partial charge in [0.25, 0.3) is 0 Å².